The van der Waals surface area contributed by atoms with Crippen LogP contribution in [-0.4, -0.2) is 34.8 Å². The average molecular weight is 307 g/mol. The summed E-state index contributed by atoms with van der Waals surface area (Å²) in [6.45, 7) is 17.3. The molecular formula is C19H33NO2. The molecule has 22 heavy (non-hydrogen) atoms. The number of phenolic OH excluding ortho intramolecular Hbond substituents is 1. The van der Waals surface area contributed by atoms with Gasteiger partial charge >= 0.3 is 0 Å². The minimum absolute atomic E-state index is 0.0382. The highest BCUT2D eigenvalue weighted by atomic mass is 16.3. The van der Waals surface area contributed by atoms with E-state index in [0.717, 1.165) is 17.7 Å². The van der Waals surface area contributed by atoms with Gasteiger partial charge in [-0.05, 0) is 28.5 Å². The highest BCUT2D eigenvalue weighted by molar-refractivity contribution is 5.48. The summed E-state index contributed by atoms with van der Waals surface area (Å²) in [5, 5.41) is 19.9. The molecular weight excluding hydrogens is 274 g/mol. The number of nitrogens with zero attached hydrogens (tertiary/aromatic N) is 1. The molecule has 0 aliphatic rings. The number of aliphatic hydroxyl groups is 1. The van der Waals surface area contributed by atoms with Gasteiger partial charge in [0.1, 0.15) is 5.75 Å². The summed E-state index contributed by atoms with van der Waals surface area (Å²) in [6.07, 6.45) is 0. The van der Waals surface area contributed by atoms with Crippen molar-refractivity contribution in [2.24, 2.45) is 0 Å². The molecule has 0 saturated heterocycles. The molecule has 1 aromatic rings. The van der Waals surface area contributed by atoms with Crippen LogP contribution < -0.4 is 0 Å². The van der Waals surface area contributed by atoms with Crippen molar-refractivity contribution >= 4 is 0 Å². The summed E-state index contributed by atoms with van der Waals surface area (Å²) in [5.74, 6) is 0.400. The number of phenols is 1. The number of aromatic hydroxyl groups is 1. The van der Waals surface area contributed by atoms with Gasteiger partial charge in [-0.25, -0.2) is 0 Å². The Hall–Kier alpha value is -1.06. The third-order valence-electron chi connectivity index (χ3n) is 4.12. The van der Waals surface area contributed by atoms with Crippen molar-refractivity contribution in [3.8, 4) is 5.75 Å². The van der Waals surface area contributed by atoms with E-state index in [-0.39, 0.29) is 17.4 Å². The molecule has 3 nitrogen and oxygen atoms in total. The molecule has 0 unspecified atom stereocenters. The summed E-state index contributed by atoms with van der Waals surface area (Å²) in [4.78, 5) is 2.15. The van der Waals surface area contributed by atoms with Crippen LogP contribution in [0.3, 0.4) is 0 Å². The maximum absolute atomic E-state index is 10.7. The first kappa shape index (κ1) is 19.0. The van der Waals surface area contributed by atoms with Gasteiger partial charge in [0.15, 0.2) is 0 Å². The number of aliphatic hydroxyl groups excluding tert-OH is 1. The summed E-state index contributed by atoms with van der Waals surface area (Å²) in [6, 6.07) is 4.26. The van der Waals surface area contributed by atoms with Gasteiger partial charge in [-0.3, -0.25) is 4.90 Å². The zero-order valence-electron chi connectivity index (χ0n) is 15.3. The number of benzene rings is 1. The van der Waals surface area contributed by atoms with Crippen LogP contribution >= 0.6 is 0 Å². The highest BCUT2D eigenvalue weighted by Crippen LogP contribution is 2.38. The molecule has 0 spiro atoms. The van der Waals surface area contributed by atoms with E-state index in [4.69, 9.17) is 0 Å². The van der Waals surface area contributed by atoms with Gasteiger partial charge < -0.3 is 10.2 Å². The molecule has 2 N–H and O–H groups in total. The summed E-state index contributed by atoms with van der Waals surface area (Å²) >= 11 is 0. The van der Waals surface area contributed by atoms with Crippen molar-refractivity contribution in [1.82, 2.24) is 4.90 Å². The van der Waals surface area contributed by atoms with Gasteiger partial charge in [0.25, 0.3) is 0 Å². The van der Waals surface area contributed by atoms with Gasteiger partial charge in [-0.2, -0.15) is 0 Å². The molecule has 1 rings (SSSR count). The predicted molar refractivity (Wildman–Crippen MR) is 93.5 cm³/mol. The molecule has 3 heteroatoms. The Kier molecular flexibility index (Phi) is 6.05. The Bertz CT molecular complexity index is 495. The molecule has 0 saturated carbocycles. The largest absolute Gasteiger partial charge is 0.507 e. The molecule has 0 aliphatic heterocycles. The lowest BCUT2D eigenvalue weighted by Gasteiger charge is -2.29. The van der Waals surface area contributed by atoms with E-state index < -0.39 is 0 Å². The molecule has 0 aromatic heterocycles. The van der Waals surface area contributed by atoms with Crippen LogP contribution in [0.5, 0.6) is 5.75 Å². The van der Waals surface area contributed by atoms with E-state index in [2.05, 4.69) is 65.5 Å². The lowest BCUT2D eigenvalue weighted by molar-refractivity contribution is 0.195. The first-order valence-electron chi connectivity index (χ1n) is 8.20. The molecule has 126 valence electrons. The Morgan fingerprint density at radius 1 is 1.00 bits per heavy atom. The Morgan fingerprint density at radius 2 is 1.59 bits per heavy atom. The normalized spacial score (nSPS) is 13.0. The van der Waals surface area contributed by atoms with Crippen molar-refractivity contribution in [3.63, 3.8) is 0 Å². The van der Waals surface area contributed by atoms with Crippen molar-refractivity contribution in [2.75, 3.05) is 19.7 Å². The zero-order valence-corrected chi connectivity index (χ0v) is 15.3. The second kappa shape index (κ2) is 7.01. The van der Waals surface area contributed by atoms with Gasteiger partial charge in [0.2, 0.25) is 0 Å². The lowest BCUT2D eigenvalue weighted by Crippen LogP contribution is -2.27. The molecule has 0 heterocycles. The second-order valence-electron chi connectivity index (χ2n) is 8.12. The van der Waals surface area contributed by atoms with Crippen LogP contribution in [0.1, 0.15) is 65.2 Å². The van der Waals surface area contributed by atoms with E-state index in [0.29, 0.717) is 18.8 Å². The Morgan fingerprint density at radius 3 is 2.00 bits per heavy atom. The summed E-state index contributed by atoms with van der Waals surface area (Å²) < 4.78 is 0. The van der Waals surface area contributed by atoms with Crippen LogP contribution in [0.25, 0.3) is 0 Å². The number of likely N-dealkylation sites (N-methyl/N-ethyl adjacent to an activating group) is 1. The van der Waals surface area contributed by atoms with Crippen molar-refractivity contribution in [1.29, 1.82) is 0 Å². The topological polar surface area (TPSA) is 43.7 Å². The molecule has 0 radical (unpaired) electrons. The van der Waals surface area contributed by atoms with E-state index in [1.54, 1.807) is 0 Å². The third-order valence-corrected chi connectivity index (χ3v) is 4.12. The van der Waals surface area contributed by atoms with Crippen LogP contribution in [0.4, 0.5) is 0 Å². The second-order valence-corrected chi connectivity index (χ2v) is 8.12. The fourth-order valence-electron chi connectivity index (χ4n) is 2.55. The van der Waals surface area contributed by atoms with E-state index in [1.165, 1.54) is 5.56 Å². The molecule has 0 fully saturated rings. The first-order valence-corrected chi connectivity index (χ1v) is 8.20. The van der Waals surface area contributed by atoms with Crippen molar-refractivity contribution in [3.05, 3.63) is 28.8 Å². The van der Waals surface area contributed by atoms with E-state index >= 15 is 0 Å². The van der Waals surface area contributed by atoms with Gasteiger partial charge in [0.05, 0.1) is 6.61 Å². The molecule has 0 bridgehead atoms. The molecule has 1 aromatic carbocycles. The minimum Gasteiger partial charge on any atom is -0.507 e. The standard InChI is InChI=1S/C19H33NO2/c1-8-20(9-10-21)13-14-11-15(18(2,3)4)12-16(17(14)22)19(5,6)7/h11-12,21-22H,8-10,13H2,1-7H3. The zero-order chi connectivity index (χ0) is 17.1. The summed E-state index contributed by atoms with van der Waals surface area (Å²) in [7, 11) is 0. The fraction of sp³-hybridized carbons (Fsp3) is 0.684. The van der Waals surface area contributed by atoms with Crippen LogP contribution in [-0.2, 0) is 17.4 Å². The van der Waals surface area contributed by atoms with Crippen molar-refractivity contribution in [2.45, 2.75) is 65.8 Å². The minimum atomic E-state index is -0.103. The van der Waals surface area contributed by atoms with Crippen LogP contribution in [0.2, 0.25) is 0 Å². The Balaban J connectivity index is 3.36. The quantitative estimate of drug-likeness (QED) is 0.869. The Labute approximate surface area is 136 Å². The maximum atomic E-state index is 10.7. The van der Waals surface area contributed by atoms with Gasteiger partial charge in [-0.15, -0.1) is 0 Å². The van der Waals surface area contributed by atoms with Crippen LogP contribution in [0, 0.1) is 0 Å². The first-order chi connectivity index (χ1) is 10.0. The third kappa shape index (κ3) is 4.72. The summed E-state index contributed by atoms with van der Waals surface area (Å²) in [5.41, 5.74) is 3.12. The van der Waals surface area contributed by atoms with Crippen LogP contribution in [0.15, 0.2) is 12.1 Å². The lowest BCUT2D eigenvalue weighted by atomic mass is 9.79. The maximum Gasteiger partial charge on any atom is 0.123 e. The predicted octanol–water partition coefficient (Wildman–Crippen LogP) is 3.80. The monoisotopic (exact) mass is 307 g/mol. The number of rotatable bonds is 5. The highest BCUT2D eigenvalue weighted by Gasteiger charge is 2.25. The smallest absolute Gasteiger partial charge is 0.123 e. The number of hydrogen-bond acceptors (Lipinski definition) is 3. The number of hydrogen-bond donors (Lipinski definition) is 2. The van der Waals surface area contributed by atoms with Gasteiger partial charge in [-0.1, -0.05) is 60.6 Å². The SMILES string of the molecule is CCN(CCO)Cc1cc(C(C)(C)C)cc(C(C)(C)C)c1O. The fourth-order valence-corrected chi connectivity index (χ4v) is 2.55. The average Bonchev–Trinajstić information content (AvgIpc) is 2.37. The molecule has 0 atom stereocenters. The molecule has 0 amide bonds. The molecule has 0 aliphatic carbocycles. The van der Waals surface area contributed by atoms with Gasteiger partial charge in [0, 0.05) is 18.7 Å². The van der Waals surface area contributed by atoms with Crippen molar-refractivity contribution < 1.29 is 10.2 Å². The van der Waals surface area contributed by atoms with E-state index in [9.17, 15) is 10.2 Å². The van der Waals surface area contributed by atoms with E-state index in [1.807, 2.05) is 0 Å².